The lowest BCUT2D eigenvalue weighted by Gasteiger charge is -2.18. The molecule has 6 heteroatoms. The quantitative estimate of drug-likeness (QED) is 0.730. The normalized spacial score (nSPS) is 14.6. The molecule has 0 heterocycles. The minimum absolute atomic E-state index is 0.205. The summed E-state index contributed by atoms with van der Waals surface area (Å²) in [5.41, 5.74) is 0.893. The van der Waals surface area contributed by atoms with Crippen molar-refractivity contribution in [1.82, 2.24) is 4.72 Å². The molecule has 5 nitrogen and oxygen atoms in total. The van der Waals surface area contributed by atoms with Crippen molar-refractivity contribution in [3.8, 4) is 5.75 Å². The van der Waals surface area contributed by atoms with E-state index in [-0.39, 0.29) is 17.4 Å². The number of hydrogen-bond acceptors (Lipinski definition) is 4. The van der Waals surface area contributed by atoms with Gasteiger partial charge in [-0.1, -0.05) is 20.8 Å². The summed E-state index contributed by atoms with van der Waals surface area (Å²) in [6, 6.07) is 4.46. The fourth-order valence-corrected chi connectivity index (χ4v) is 3.47. The van der Waals surface area contributed by atoms with E-state index >= 15 is 0 Å². The van der Waals surface area contributed by atoms with Crippen LogP contribution in [-0.2, 0) is 10.0 Å². The van der Waals surface area contributed by atoms with Gasteiger partial charge in [-0.15, -0.1) is 0 Å². The van der Waals surface area contributed by atoms with Crippen LogP contribution in [0.5, 0.6) is 5.75 Å². The Bertz CT molecular complexity index is 568. The van der Waals surface area contributed by atoms with E-state index in [1.165, 1.54) is 0 Å². The molecule has 0 amide bonds. The average Bonchev–Trinajstić information content (AvgIpc) is 2.52. The predicted molar refractivity (Wildman–Crippen MR) is 87.8 cm³/mol. The molecular formula is C16H27NO4S. The zero-order valence-corrected chi connectivity index (χ0v) is 14.6. The highest BCUT2D eigenvalue weighted by Gasteiger charge is 2.21. The van der Waals surface area contributed by atoms with Crippen LogP contribution < -0.4 is 9.46 Å². The van der Waals surface area contributed by atoms with Gasteiger partial charge in [-0.05, 0) is 49.4 Å². The Morgan fingerprint density at radius 1 is 1.23 bits per heavy atom. The molecular weight excluding hydrogens is 302 g/mol. The zero-order valence-electron chi connectivity index (χ0n) is 13.8. The van der Waals surface area contributed by atoms with E-state index in [4.69, 9.17) is 4.74 Å². The molecule has 0 radical (unpaired) electrons. The van der Waals surface area contributed by atoms with Crippen molar-refractivity contribution in [3.63, 3.8) is 0 Å². The second-order valence-electron chi connectivity index (χ2n) is 5.35. The Morgan fingerprint density at radius 2 is 1.91 bits per heavy atom. The Hall–Kier alpha value is -1.11. The van der Waals surface area contributed by atoms with Crippen molar-refractivity contribution in [2.45, 2.75) is 57.4 Å². The van der Waals surface area contributed by atoms with E-state index in [2.05, 4.69) is 11.6 Å². The first-order chi connectivity index (χ1) is 10.4. The number of ether oxygens (including phenoxy) is 1. The molecule has 0 saturated carbocycles. The summed E-state index contributed by atoms with van der Waals surface area (Å²) in [5.74, 6) is 0.932. The number of sulfonamides is 1. The van der Waals surface area contributed by atoms with Crippen LogP contribution in [0.15, 0.2) is 23.1 Å². The first kappa shape index (κ1) is 18.9. The Morgan fingerprint density at radius 3 is 2.41 bits per heavy atom. The summed E-state index contributed by atoms with van der Waals surface area (Å²) in [6.07, 6.45) is 1.43. The first-order valence-corrected chi connectivity index (χ1v) is 9.27. The van der Waals surface area contributed by atoms with E-state index < -0.39 is 16.1 Å². The third-order valence-electron chi connectivity index (χ3n) is 3.77. The standard InChI is InChI=1S/C16H27NO4S/c1-5-12(4)15-10-14(8-9-16(15)21-7-3)22(19,20)17-13(6-2)11-18/h8-10,12-13,17-18H,5-7,11H2,1-4H3. The maximum atomic E-state index is 12.4. The maximum Gasteiger partial charge on any atom is 0.240 e. The van der Waals surface area contributed by atoms with Gasteiger partial charge in [-0.3, -0.25) is 0 Å². The monoisotopic (exact) mass is 329 g/mol. The molecule has 0 aliphatic heterocycles. The van der Waals surface area contributed by atoms with Crippen molar-refractivity contribution in [2.24, 2.45) is 0 Å². The van der Waals surface area contributed by atoms with Crippen molar-refractivity contribution < 1.29 is 18.3 Å². The smallest absolute Gasteiger partial charge is 0.240 e. The Kier molecular flexibility index (Phi) is 7.32. The molecule has 1 aromatic rings. The van der Waals surface area contributed by atoms with E-state index in [1.807, 2.05) is 20.8 Å². The highest BCUT2D eigenvalue weighted by molar-refractivity contribution is 7.89. The largest absolute Gasteiger partial charge is 0.494 e. The van der Waals surface area contributed by atoms with Gasteiger partial charge >= 0.3 is 0 Å². The molecule has 126 valence electrons. The Balaban J connectivity index is 3.19. The summed E-state index contributed by atoms with van der Waals surface area (Å²) in [5, 5.41) is 9.18. The second kappa shape index (κ2) is 8.50. The van der Waals surface area contributed by atoms with Gasteiger partial charge in [-0.25, -0.2) is 13.1 Å². The molecule has 0 aromatic heterocycles. The molecule has 2 unspecified atom stereocenters. The molecule has 0 spiro atoms. The van der Waals surface area contributed by atoms with Crippen LogP contribution in [0.1, 0.15) is 52.0 Å². The fourth-order valence-electron chi connectivity index (χ4n) is 2.12. The molecule has 22 heavy (non-hydrogen) atoms. The molecule has 0 aliphatic carbocycles. The van der Waals surface area contributed by atoms with Gasteiger partial charge in [-0.2, -0.15) is 0 Å². The van der Waals surface area contributed by atoms with E-state index in [1.54, 1.807) is 18.2 Å². The third-order valence-corrected chi connectivity index (χ3v) is 5.29. The van der Waals surface area contributed by atoms with E-state index in [0.29, 0.717) is 13.0 Å². The lowest BCUT2D eigenvalue weighted by atomic mass is 9.98. The van der Waals surface area contributed by atoms with Crippen LogP contribution in [0.3, 0.4) is 0 Å². The lowest BCUT2D eigenvalue weighted by molar-refractivity contribution is 0.254. The SMILES string of the molecule is CCOc1ccc(S(=O)(=O)NC(CC)CO)cc1C(C)CC. The first-order valence-electron chi connectivity index (χ1n) is 7.79. The second-order valence-corrected chi connectivity index (χ2v) is 7.06. The van der Waals surface area contributed by atoms with Crippen molar-refractivity contribution in [1.29, 1.82) is 0 Å². The minimum Gasteiger partial charge on any atom is -0.494 e. The van der Waals surface area contributed by atoms with Gasteiger partial charge in [0, 0.05) is 6.04 Å². The van der Waals surface area contributed by atoms with Crippen LogP contribution in [0, 0.1) is 0 Å². The van der Waals surface area contributed by atoms with E-state index in [9.17, 15) is 13.5 Å². The molecule has 1 aromatic carbocycles. The molecule has 0 aliphatic rings. The summed E-state index contributed by atoms with van der Waals surface area (Å²) in [7, 11) is -3.65. The maximum absolute atomic E-state index is 12.4. The van der Waals surface area contributed by atoms with Crippen LogP contribution in [0.2, 0.25) is 0 Å². The van der Waals surface area contributed by atoms with Gasteiger partial charge in [0.15, 0.2) is 0 Å². The zero-order chi connectivity index (χ0) is 16.8. The Labute approximate surface area is 133 Å². The minimum atomic E-state index is -3.65. The average molecular weight is 329 g/mol. The van der Waals surface area contributed by atoms with Gasteiger partial charge in [0.25, 0.3) is 0 Å². The van der Waals surface area contributed by atoms with Crippen molar-refractivity contribution in [2.75, 3.05) is 13.2 Å². The summed E-state index contributed by atoms with van der Waals surface area (Å²) in [6.45, 7) is 8.15. The highest BCUT2D eigenvalue weighted by Crippen LogP contribution is 2.31. The molecule has 2 atom stereocenters. The van der Waals surface area contributed by atoms with Crippen molar-refractivity contribution >= 4 is 10.0 Å². The number of aliphatic hydroxyl groups excluding tert-OH is 1. The summed E-state index contributed by atoms with van der Waals surface area (Å²) < 4.78 is 33.0. The van der Waals surface area contributed by atoms with Gasteiger partial charge < -0.3 is 9.84 Å². The van der Waals surface area contributed by atoms with Crippen molar-refractivity contribution in [3.05, 3.63) is 23.8 Å². The van der Waals surface area contributed by atoms with Crippen LogP contribution >= 0.6 is 0 Å². The van der Waals surface area contributed by atoms with Gasteiger partial charge in [0.05, 0.1) is 18.1 Å². The van der Waals surface area contributed by atoms with Crippen LogP contribution in [0.4, 0.5) is 0 Å². The van der Waals surface area contributed by atoms with Crippen LogP contribution in [0.25, 0.3) is 0 Å². The van der Waals surface area contributed by atoms with Gasteiger partial charge in [0.2, 0.25) is 10.0 Å². The number of aliphatic hydroxyl groups is 1. The molecule has 0 bridgehead atoms. The number of nitrogens with one attached hydrogen (secondary N) is 1. The number of benzene rings is 1. The van der Waals surface area contributed by atoms with Crippen LogP contribution in [-0.4, -0.2) is 32.8 Å². The highest BCUT2D eigenvalue weighted by atomic mass is 32.2. The third kappa shape index (κ3) is 4.69. The van der Waals surface area contributed by atoms with Gasteiger partial charge in [0.1, 0.15) is 5.75 Å². The lowest BCUT2D eigenvalue weighted by Crippen LogP contribution is -2.36. The van der Waals surface area contributed by atoms with E-state index in [0.717, 1.165) is 17.7 Å². The molecule has 0 saturated heterocycles. The summed E-state index contributed by atoms with van der Waals surface area (Å²) >= 11 is 0. The molecule has 2 N–H and O–H groups in total. The number of rotatable bonds is 9. The molecule has 1 rings (SSSR count). The summed E-state index contributed by atoms with van der Waals surface area (Å²) in [4.78, 5) is 0.207. The predicted octanol–water partition coefficient (Wildman–Crippen LogP) is 2.65. The molecule has 0 fully saturated rings. The fraction of sp³-hybridized carbons (Fsp3) is 0.625. The number of hydrogen-bond donors (Lipinski definition) is 2. The topological polar surface area (TPSA) is 75.6 Å².